The lowest BCUT2D eigenvalue weighted by molar-refractivity contribution is -0.146. The predicted octanol–water partition coefficient (Wildman–Crippen LogP) is 3.41. The van der Waals surface area contributed by atoms with Crippen LogP contribution in [-0.4, -0.2) is 30.1 Å². The molecule has 0 unspecified atom stereocenters. The molecule has 0 N–H and O–H groups in total. The SMILES string of the molecule is COC(=O)[C@@H]1C[C@@H]2CCCC[C@H]2N1Cc1cc(=O)oc2cc(C)ccc12. The van der Waals surface area contributed by atoms with Gasteiger partial charge in [-0.05, 0) is 49.3 Å². The molecule has 0 spiro atoms. The van der Waals surface area contributed by atoms with Gasteiger partial charge < -0.3 is 9.15 Å². The lowest BCUT2D eigenvalue weighted by Gasteiger charge is -2.33. The van der Waals surface area contributed by atoms with Crippen LogP contribution in [0.5, 0.6) is 0 Å². The van der Waals surface area contributed by atoms with Crippen LogP contribution in [0.3, 0.4) is 0 Å². The van der Waals surface area contributed by atoms with Crippen molar-refractivity contribution in [1.82, 2.24) is 4.90 Å². The van der Waals surface area contributed by atoms with Gasteiger partial charge in [-0.25, -0.2) is 4.79 Å². The van der Waals surface area contributed by atoms with Crippen molar-refractivity contribution in [2.24, 2.45) is 5.92 Å². The van der Waals surface area contributed by atoms with E-state index in [0.717, 1.165) is 29.4 Å². The van der Waals surface area contributed by atoms with E-state index in [-0.39, 0.29) is 17.6 Å². The summed E-state index contributed by atoms with van der Waals surface area (Å²) >= 11 is 0. The Morgan fingerprint density at radius 2 is 2.08 bits per heavy atom. The largest absolute Gasteiger partial charge is 0.468 e. The maximum atomic E-state index is 12.4. The summed E-state index contributed by atoms with van der Waals surface area (Å²) in [4.78, 5) is 26.7. The summed E-state index contributed by atoms with van der Waals surface area (Å²) in [7, 11) is 1.46. The van der Waals surface area contributed by atoms with Crippen molar-refractivity contribution < 1.29 is 13.9 Å². The lowest BCUT2D eigenvalue weighted by Crippen LogP contribution is -2.42. The minimum absolute atomic E-state index is 0.164. The number of aryl methyl sites for hydroxylation is 1. The van der Waals surface area contributed by atoms with Crippen LogP contribution in [0.15, 0.2) is 33.5 Å². The molecule has 1 saturated heterocycles. The molecule has 4 rings (SSSR count). The average molecular weight is 355 g/mol. The highest BCUT2D eigenvalue weighted by atomic mass is 16.5. The Labute approximate surface area is 152 Å². The molecule has 1 aromatic carbocycles. The van der Waals surface area contributed by atoms with Crippen LogP contribution in [-0.2, 0) is 16.1 Å². The van der Waals surface area contributed by atoms with Gasteiger partial charge in [-0.15, -0.1) is 0 Å². The van der Waals surface area contributed by atoms with Crippen molar-refractivity contribution in [3.05, 3.63) is 45.8 Å². The first-order chi connectivity index (χ1) is 12.6. The van der Waals surface area contributed by atoms with Crippen molar-refractivity contribution in [2.45, 2.75) is 57.7 Å². The van der Waals surface area contributed by atoms with E-state index in [1.807, 2.05) is 25.1 Å². The Balaban J connectivity index is 1.73. The van der Waals surface area contributed by atoms with Gasteiger partial charge in [0, 0.05) is 24.0 Å². The van der Waals surface area contributed by atoms with Gasteiger partial charge >= 0.3 is 11.6 Å². The molecule has 1 saturated carbocycles. The number of nitrogens with zero attached hydrogens (tertiary/aromatic N) is 1. The van der Waals surface area contributed by atoms with E-state index in [4.69, 9.17) is 9.15 Å². The van der Waals surface area contributed by atoms with Gasteiger partial charge in [0.25, 0.3) is 0 Å². The van der Waals surface area contributed by atoms with Gasteiger partial charge in [-0.2, -0.15) is 0 Å². The number of hydrogen-bond acceptors (Lipinski definition) is 5. The van der Waals surface area contributed by atoms with Crippen LogP contribution >= 0.6 is 0 Å². The van der Waals surface area contributed by atoms with Crippen LogP contribution in [0.1, 0.15) is 43.2 Å². The van der Waals surface area contributed by atoms with Crippen LogP contribution in [0, 0.1) is 12.8 Å². The van der Waals surface area contributed by atoms with Crippen LogP contribution < -0.4 is 5.63 Å². The van der Waals surface area contributed by atoms with Gasteiger partial charge in [0.1, 0.15) is 11.6 Å². The topological polar surface area (TPSA) is 59.8 Å². The van der Waals surface area contributed by atoms with Gasteiger partial charge in [0.15, 0.2) is 0 Å². The van der Waals surface area contributed by atoms with E-state index < -0.39 is 0 Å². The Hall–Kier alpha value is -2.14. The molecule has 0 radical (unpaired) electrons. The number of fused-ring (bicyclic) bond motifs is 2. The van der Waals surface area contributed by atoms with Crippen LogP contribution in [0.25, 0.3) is 11.0 Å². The van der Waals surface area contributed by atoms with Crippen molar-refractivity contribution in [2.75, 3.05) is 7.11 Å². The quantitative estimate of drug-likeness (QED) is 0.624. The Bertz CT molecular complexity index is 887. The van der Waals surface area contributed by atoms with Crippen LogP contribution in [0.4, 0.5) is 0 Å². The Morgan fingerprint density at radius 3 is 2.88 bits per heavy atom. The van der Waals surface area contributed by atoms with Gasteiger partial charge in [0.2, 0.25) is 0 Å². The molecular formula is C21H25NO4. The summed E-state index contributed by atoms with van der Waals surface area (Å²) in [6.45, 7) is 2.55. The highest BCUT2D eigenvalue weighted by molar-refractivity contribution is 5.81. The summed E-state index contributed by atoms with van der Waals surface area (Å²) in [6, 6.07) is 7.66. The molecule has 3 atom stereocenters. The van der Waals surface area contributed by atoms with Crippen molar-refractivity contribution >= 4 is 16.9 Å². The van der Waals surface area contributed by atoms with Crippen molar-refractivity contribution in [1.29, 1.82) is 0 Å². The Kier molecular flexibility index (Phi) is 4.57. The standard InChI is InChI=1S/C21H25NO4/c1-13-7-8-16-15(11-20(23)26-19(16)9-13)12-22-17-6-4-3-5-14(17)10-18(22)21(24)25-2/h7-9,11,14,17-18H,3-6,10,12H2,1-2H3/t14-,17+,18-/m0/s1. The average Bonchev–Trinajstić information content (AvgIpc) is 2.99. The third-order valence-electron chi connectivity index (χ3n) is 6.03. The number of methoxy groups -OCH3 is 1. The number of esters is 1. The highest BCUT2D eigenvalue weighted by Crippen LogP contribution is 2.41. The molecule has 0 bridgehead atoms. The fourth-order valence-electron chi connectivity index (χ4n) is 4.81. The summed E-state index contributed by atoms with van der Waals surface area (Å²) in [5.41, 5.74) is 2.25. The zero-order valence-electron chi connectivity index (χ0n) is 15.4. The molecule has 2 heterocycles. The molecule has 1 aromatic heterocycles. The van der Waals surface area contributed by atoms with E-state index in [1.54, 1.807) is 6.07 Å². The minimum Gasteiger partial charge on any atom is -0.468 e. The van der Waals surface area contributed by atoms with E-state index >= 15 is 0 Å². The smallest absolute Gasteiger partial charge is 0.336 e. The van der Waals surface area contributed by atoms with Gasteiger partial charge in [-0.1, -0.05) is 25.0 Å². The van der Waals surface area contributed by atoms with Crippen LogP contribution in [0.2, 0.25) is 0 Å². The van der Waals surface area contributed by atoms with E-state index in [9.17, 15) is 9.59 Å². The molecule has 5 nitrogen and oxygen atoms in total. The van der Waals surface area contributed by atoms with E-state index in [0.29, 0.717) is 24.1 Å². The third kappa shape index (κ3) is 3.05. The van der Waals surface area contributed by atoms with Gasteiger partial charge in [0.05, 0.1) is 7.11 Å². The number of ether oxygens (including phenoxy) is 1. The van der Waals surface area contributed by atoms with Gasteiger partial charge in [-0.3, -0.25) is 9.69 Å². The second-order valence-corrected chi connectivity index (χ2v) is 7.65. The second kappa shape index (κ2) is 6.88. The number of carbonyl (C=O) groups excluding carboxylic acids is 1. The summed E-state index contributed by atoms with van der Waals surface area (Å²) in [5.74, 6) is 0.379. The third-order valence-corrected chi connectivity index (χ3v) is 6.03. The lowest BCUT2D eigenvalue weighted by atomic mass is 9.84. The molecular weight excluding hydrogens is 330 g/mol. The normalized spacial score (nSPS) is 26.0. The number of carbonyl (C=O) groups is 1. The summed E-state index contributed by atoms with van der Waals surface area (Å²) in [6.07, 6.45) is 5.57. The monoisotopic (exact) mass is 355 g/mol. The summed E-state index contributed by atoms with van der Waals surface area (Å²) < 4.78 is 10.5. The molecule has 2 aliphatic rings. The minimum atomic E-state index is -0.341. The first-order valence-corrected chi connectivity index (χ1v) is 9.44. The maximum absolute atomic E-state index is 12.4. The molecule has 5 heteroatoms. The number of benzene rings is 1. The molecule has 138 valence electrons. The first kappa shape index (κ1) is 17.3. The molecule has 1 aliphatic heterocycles. The van der Waals surface area contributed by atoms with E-state index in [2.05, 4.69) is 4.90 Å². The second-order valence-electron chi connectivity index (χ2n) is 7.65. The van der Waals surface area contributed by atoms with E-state index in [1.165, 1.54) is 26.4 Å². The summed E-state index contributed by atoms with van der Waals surface area (Å²) in [5, 5.41) is 0.943. The van der Waals surface area contributed by atoms with Crippen molar-refractivity contribution in [3.8, 4) is 0 Å². The molecule has 2 aromatic rings. The molecule has 26 heavy (non-hydrogen) atoms. The molecule has 0 amide bonds. The zero-order valence-corrected chi connectivity index (χ0v) is 15.4. The molecule has 1 aliphatic carbocycles. The Morgan fingerprint density at radius 1 is 1.27 bits per heavy atom. The fraction of sp³-hybridized carbons (Fsp3) is 0.524. The first-order valence-electron chi connectivity index (χ1n) is 9.44. The zero-order chi connectivity index (χ0) is 18.3. The number of rotatable bonds is 3. The fourth-order valence-corrected chi connectivity index (χ4v) is 4.81. The molecule has 2 fully saturated rings. The predicted molar refractivity (Wildman–Crippen MR) is 98.9 cm³/mol. The number of hydrogen-bond donors (Lipinski definition) is 0. The van der Waals surface area contributed by atoms with Crippen molar-refractivity contribution in [3.63, 3.8) is 0 Å². The maximum Gasteiger partial charge on any atom is 0.336 e. The number of likely N-dealkylation sites (tertiary alicyclic amines) is 1. The highest BCUT2D eigenvalue weighted by Gasteiger charge is 2.45.